The van der Waals surface area contributed by atoms with Crippen molar-refractivity contribution in [1.82, 2.24) is 14.9 Å². The zero-order chi connectivity index (χ0) is 21.5. The van der Waals surface area contributed by atoms with E-state index in [0.717, 1.165) is 5.56 Å². The van der Waals surface area contributed by atoms with Gasteiger partial charge < -0.3 is 9.88 Å². The molecule has 1 N–H and O–H groups in total. The molecule has 4 rings (SSSR count). The third-order valence-electron chi connectivity index (χ3n) is 5.47. The molecule has 0 fully saturated rings. The molecular weight excluding hydrogens is 381 g/mol. The largest absolute Gasteiger partial charge is 0.334 e. The lowest BCUT2D eigenvalue weighted by Gasteiger charge is -2.28. The van der Waals surface area contributed by atoms with Crippen molar-refractivity contribution in [2.24, 2.45) is 0 Å². The number of nitrogens with one attached hydrogen (secondary N) is 1. The van der Waals surface area contributed by atoms with E-state index in [1.807, 2.05) is 24.3 Å². The Labute approximate surface area is 174 Å². The van der Waals surface area contributed by atoms with Gasteiger partial charge in [0.05, 0.1) is 17.8 Å². The highest BCUT2D eigenvalue weighted by molar-refractivity contribution is 5.94. The smallest absolute Gasteiger partial charge is 0.256 e. The number of carbonyl (C=O) groups is 1. The van der Waals surface area contributed by atoms with Crippen molar-refractivity contribution < 1.29 is 9.18 Å². The van der Waals surface area contributed by atoms with Crippen LogP contribution in [0.15, 0.2) is 53.3 Å². The Morgan fingerprint density at radius 3 is 2.37 bits per heavy atom. The first-order valence-electron chi connectivity index (χ1n) is 10.0. The highest BCUT2D eigenvalue weighted by atomic mass is 19.1. The van der Waals surface area contributed by atoms with Gasteiger partial charge in [-0.05, 0) is 47.4 Å². The number of hydrogen-bond donors (Lipinski definition) is 1. The summed E-state index contributed by atoms with van der Waals surface area (Å²) in [6.07, 6.45) is 0.499. The molecule has 0 radical (unpaired) electrons. The summed E-state index contributed by atoms with van der Waals surface area (Å²) in [4.78, 5) is 34.7. The number of aromatic amines is 1. The molecule has 0 saturated heterocycles. The summed E-state index contributed by atoms with van der Waals surface area (Å²) < 4.78 is 13.2. The van der Waals surface area contributed by atoms with E-state index in [-0.39, 0.29) is 29.2 Å². The summed E-state index contributed by atoms with van der Waals surface area (Å²) in [6, 6.07) is 13.5. The van der Waals surface area contributed by atoms with E-state index >= 15 is 0 Å². The maximum atomic E-state index is 13.2. The monoisotopic (exact) mass is 405 g/mol. The number of fused-ring (bicyclic) bond motifs is 1. The van der Waals surface area contributed by atoms with E-state index in [1.165, 1.54) is 12.1 Å². The molecule has 0 atom stereocenters. The predicted molar refractivity (Wildman–Crippen MR) is 114 cm³/mol. The molecule has 1 aliphatic rings. The molecule has 1 amide bonds. The van der Waals surface area contributed by atoms with E-state index in [4.69, 9.17) is 0 Å². The van der Waals surface area contributed by atoms with Crippen LogP contribution in [0.5, 0.6) is 0 Å². The van der Waals surface area contributed by atoms with Gasteiger partial charge in [0.15, 0.2) is 0 Å². The van der Waals surface area contributed by atoms with Crippen molar-refractivity contribution in [2.45, 2.75) is 39.2 Å². The van der Waals surface area contributed by atoms with Crippen LogP contribution in [0.3, 0.4) is 0 Å². The lowest BCUT2D eigenvalue weighted by Crippen LogP contribution is -2.39. The van der Waals surface area contributed by atoms with Crippen molar-refractivity contribution in [3.05, 3.63) is 87.1 Å². The lowest BCUT2D eigenvalue weighted by molar-refractivity contribution is 0.0732. The summed E-state index contributed by atoms with van der Waals surface area (Å²) in [5, 5.41) is 0. The second-order valence-electron chi connectivity index (χ2n) is 8.65. The maximum absolute atomic E-state index is 13.2. The van der Waals surface area contributed by atoms with Crippen LogP contribution in [0, 0.1) is 5.82 Å². The zero-order valence-electron chi connectivity index (χ0n) is 17.3. The fourth-order valence-electron chi connectivity index (χ4n) is 3.64. The number of carbonyl (C=O) groups excluding carboxylic acids is 1. The molecular formula is C24H24FN3O2. The van der Waals surface area contributed by atoms with Crippen molar-refractivity contribution in [1.29, 1.82) is 0 Å². The van der Waals surface area contributed by atoms with Gasteiger partial charge in [-0.3, -0.25) is 9.59 Å². The zero-order valence-corrected chi connectivity index (χ0v) is 17.3. The number of halogens is 1. The first-order chi connectivity index (χ1) is 14.2. The predicted octanol–water partition coefficient (Wildman–Crippen LogP) is 4.07. The number of amides is 1. The van der Waals surface area contributed by atoms with Gasteiger partial charge in [0, 0.05) is 24.1 Å². The van der Waals surface area contributed by atoms with E-state index in [9.17, 15) is 14.0 Å². The van der Waals surface area contributed by atoms with Crippen LogP contribution in [0.2, 0.25) is 0 Å². The average Bonchev–Trinajstić information content (AvgIpc) is 2.73. The fourth-order valence-corrected chi connectivity index (χ4v) is 3.64. The minimum Gasteiger partial charge on any atom is -0.334 e. The molecule has 1 aromatic heterocycles. The van der Waals surface area contributed by atoms with Crippen molar-refractivity contribution in [3.8, 4) is 11.4 Å². The van der Waals surface area contributed by atoms with Crippen LogP contribution in [0.25, 0.3) is 11.4 Å². The van der Waals surface area contributed by atoms with Crippen LogP contribution >= 0.6 is 0 Å². The molecule has 0 bridgehead atoms. The van der Waals surface area contributed by atoms with Gasteiger partial charge in [0.2, 0.25) is 0 Å². The molecule has 2 aromatic carbocycles. The van der Waals surface area contributed by atoms with Crippen molar-refractivity contribution in [3.63, 3.8) is 0 Å². The number of hydrogen-bond acceptors (Lipinski definition) is 3. The third-order valence-corrected chi connectivity index (χ3v) is 5.47. The molecule has 2 heterocycles. The molecule has 3 aromatic rings. The van der Waals surface area contributed by atoms with E-state index in [1.54, 1.807) is 17.0 Å². The minimum atomic E-state index is -0.344. The quantitative estimate of drug-likeness (QED) is 0.699. The topological polar surface area (TPSA) is 66.1 Å². The van der Waals surface area contributed by atoms with Gasteiger partial charge in [0.1, 0.15) is 11.6 Å². The summed E-state index contributed by atoms with van der Waals surface area (Å²) >= 11 is 0. The second-order valence-corrected chi connectivity index (χ2v) is 8.65. The summed E-state index contributed by atoms with van der Waals surface area (Å²) in [7, 11) is 0. The molecule has 0 saturated carbocycles. The van der Waals surface area contributed by atoms with E-state index in [2.05, 4.69) is 30.7 Å². The van der Waals surface area contributed by atoms with Crippen LogP contribution in [-0.4, -0.2) is 27.3 Å². The molecule has 0 unspecified atom stereocenters. The Balaban J connectivity index is 1.57. The number of H-pyrrole nitrogens is 1. The Bertz CT molecular complexity index is 1140. The number of rotatable bonds is 2. The first-order valence-corrected chi connectivity index (χ1v) is 10.0. The van der Waals surface area contributed by atoms with Crippen LogP contribution in [-0.2, 0) is 18.4 Å². The van der Waals surface area contributed by atoms with Gasteiger partial charge in [0.25, 0.3) is 11.5 Å². The van der Waals surface area contributed by atoms with Gasteiger partial charge in [-0.1, -0.05) is 32.9 Å². The van der Waals surface area contributed by atoms with Crippen LogP contribution in [0.1, 0.15) is 48.0 Å². The highest BCUT2D eigenvalue weighted by Crippen LogP contribution is 2.24. The Morgan fingerprint density at radius 2 is 1.73 bits per heavy atom. The van der Waals surface area contributed by atoms with Gasteiger partial charge in [-0.15, -0.1) is 0 Å². The molecule has 1 aliphatic heterocycles. The van der Waals surface area contributed by atoms with Crippen molar-refractivity contribution >= 4 is 5.91 Å². The molecule has 5 nitrogen and oxygen atoms in total. The van der Waals surface area contributed by atoms with Crippen LogP contribution < -0.4 is 5.56 Å². The molecule has 0 aliphatic carbocycles. The Hall–Kier alpha value is -3.28. The number of benzene rings is 2. The Kier molecular flexibility index (Phi) is 5.02. The molecule has 0 spiro atoms. The fraction of sp³-hybridized carbons (Fsp3) is 0.292. The maximum Gasteiger partial charge on any atom is 0.256 e. The standard InChI is InChI=1S/C24H24FN3O2/c1-24(2,3)17-8-4-16(5-9-17)23(30)28-13-12-20-19(14-28)22(29)27-21(26-20)15-6-10-18(25)11-7-15/h4-11H,12-14H2,1-3H3,(H,26,27,29). The van der Waals surface area contributed by atoms with Crippen LogP contribution in [0.4, 0.5) is 4.39 Å². The van der Waals surface area contributed by atoms with E-state index < -0.39 is 0 Å². The van der Waals surface area contributed by atoms with Gasteiger partial charge in [-0.2, -0.15) is 0 Å². The molecule has 154 valence electrons. The lowest BCUT2D eigenvalue weighted by atomic mass is 9.86. The minimum absolute atomic E-state index is 0.0207. The van der Waals surface area contributed by atoms with Gasteiger partial charge in [-0.25, -0.2) is 9.37 Å². The number of aromatic nitrogens is 2. The Morgan fingerprint density at radius 1 is 1.07 bits per heavy atom. The summed E-state index contributed by atoms with van der Waals surface area (Å²) in [5.74, 6) is -0.0249. The number of nitrogens with zero attached hydrogens (tertiary/aromatic N) is 2. The van der Waals surface area contributed by atoms with Gasteiger partial charge >= 0.3 is 0 Å². The SMILES string of the molecule is CC(C)(C)c1ccc(C(=O)N2CCc3nc(-c4ccc(F)cc4)[nH]c(=O)c3C2)cc1. The molecule has 6 heteroatoms. The summed E-state index contributed by atoms with van der Waals surface area (Å²) in [6.45, 7) is 7.11. The van der Waals surface area contributed by atoms with E-state index in [0.29, 0.717) is 41.2 Å². The second kappa shape index (κ2) is 7.52. The average molecular weight is 405 g/mol. The third kappa shape index (κ3) is 3.90. The normalized spacial score (nSPS) is 13.8. The first kappa shape index (κ1) is 20.0. The van der Waals surface area contributed by atoms with Crippen molar-refractivity contribution in [2.75, 3.05) is 6.54 Å². The molecule has 30 heavy (non-hydrogen) atoms. The summed E-state index contributed by atoms with van der Waals surface area (Å²) in [5.41, 5.74) is 3.37. The highest BCUT2D eigenvalue weighted by Gasteiger charge is 2.26.